The van der Waals surface area contributed by atoms with Crippen LogP contribution in [0.4, 0.5) is 11.4 Å². The minimum absolute atomic E-state index is 0.351. The quantitative estimate of drug-likeness (QED) is 0.578. The van der Waals surface area contributed by atoms with E-state index in [1.54, 1.807) is 6.07 Å². The fourth-order valence-electron chi connectivity index (χ4n) is 2.42. The zero-order valence-electron chi connectivity index (χ0n) is 9.12. The Morgan fingerprint density at radius 1 is 1.25 bits per heavy atom. The Labute approximate surface area is 100 Å². The van der Waals surface area contributed by atoms with Gasteiger partial charge in [0.05, 0.1) is 5.02 Å². The van der Waals surface area contributed by atoms with Crippen LogP contribution >= 0.6 is 11.6 Å². The highest BCUT2D eigenvalue weighted by Crippen LogP contribution is 2.41. The average Bonchev–Trinajstić information content (AvgIpc) is 2.34. The van der Waals surface area contributed by atoms with Crippen molar-refractivity contribution < 1.29 is 0 Å². The Hall–Kier alpha value is -1.27. The van der Waals surface area contributed by atoms with Crippen LogP contribution < -0.4 is 5.73 Å². The molecule has 0 amide bonds. The lowest BCUT2D eigenvalue weighted by Crippen LogP contribution is -2.06. The summed E-state index contributed by atoms with van der Waals surface area (Å²) in [7, 11) is 0. The molecule has 0 unspecified atom stereocenters. The lowest BCUT2D eigenvalue weighted by molar-refractivity contribution is 0.444. The molecule has 0 spiro atoms. The Morgan fingerprint density at radius 2 is 1.94 bits per heavy atom. The molecule has 84 valence electrons. The molecule has 0 bridgehead atoms. The molecule has 2 N–H and O–H groups in total. The number of diazo groups is 1. The molecule has 0 atom stereocenters. The molecular weight excluding hydrogens is 222 g/mol. The van der Waals surface area contributed by atoms with Crippen LogP contribution in [0.1, 0.15) is 43.6 Å². The van der Waals surface area contributed by atoms with Gasteiger partial charge in [-0.3, -0.25) is 0 Å². The number of hydrogen-bond donors (Lipinski definition) is 1. The van der Waals surface area contributed by atoms with E-state index in [0.717, 1.165) is 5.56 Å². The molecule has 3 nitrogen and oxygen atoms in total. The first-order valence-electron chi connectivity index (χ1n) is 5.67. The van der Waals surface area contributed by atoms with E-state index in [-0.39, 0.29) is 0 Å². The largest absolute Gasteiger partial charge is 0.409 e. The normalized spacial score (nSPS) is 17.0. The molecular formula is C12H15ClN3+. The third kappa shape index (κ3) is 1.98. The lowest BCUT2D eigenvalue weighted by Gasteiger charge is -2.22. The highest BCUT2D eigenvalue weighted by atomic mass is 35.5. The summed E-state index contributed by atoms with van der Waals surface area (Å²) in [6, 6.07) is 3.66. The maximum atomic E-state index is 8.73. The Kier molecular flexibility index (Phi) is 3.31. The van der Waals surface area contributed by atoms with Gasteiger partial charge in [0.2, 0.25) is 5.39 Å². The van der Waals surface area contributed by atoms with Gasteiger partial charge in [-0.25, -0.2) is 0 Å². The summed E-state index contributed by atoms with van der Waals surface area (Å²) in [6.45, 7) is 0. The van der Waals surface area contributed by atoms with Gasteiger partial charge < -0.3 is 5.73 Å². The minimum Gasteiger partial charge on any atom is -0.391 e. The van der Waals surface area contributed by atoms with Crippen molar-refractivity contribution in [2.75, 3.05) is 5.73 Å². The van der Waals surface area contributed by atoms with Crippen LogP contribution in [0.2, 0.25) is 5.02 Å². The SMILES string of the molecule is N#[N+]c1ccc(C2CCCCC2)c(Cl)c1N. The molecule has 0 heterocycles. The lowest BCUT2D eigenvalue weighted by atomic mass is 9.84. The van der Waals surface area contributed by atoms with Gasteiger partial charge in [0.15, 0.2) is 4.98 Å². The number of rotatable bonds is 1. The van der Waals surface area contributed by atoms with Crippen LogP contribution in [0.25, 0.3) is 4.98 Å². The molecule has 2 rings (SSSR count). The van der Waals surface area contributed by atoms with E-state index in [4.69, 9.17) is 22.7 Å². The second-order valence-corrected chi connectivity index (χ2v) is 4.71. The number of anilines is 1. The third-order valence-corrected chi connectivity index (χ3v) is 3.76. The van der Waals surface area contributed by atoms with Gasteiger partial charge in [0.25, 0.3) is 0 Å². The number of nitrogen functional groups attached to an aromatic ring is 1. The van der Waals surface area contributed by atoms with Crippen LogP contribution in [-0.4, -0.2) is 0 Å². The first-order valence-corrected chi connectivity index (χ1v) is 6.05. The van der Waals surface area contributed by atoms with Crippen molar-refractivity contribution in [2.24, 2.45) is 0 Å². The summed E-state index contributed by atoms with van der Waals surface area (Å²) in [5.41, 5.74) is 7.65. The van der Waals surface area contributed by atoms with Crippen molar-refractivity contribution in [2.45, 2.75) is 38.0 Å². The van der Waals surface area contributed by atoms with E-state index in [0.29, 0.717) is 22.3 Å². The van der Waals surface area contributed by atoms with E-state index in [1.165, 1.54) is 32.1 Å². The van der Waals surface area contributed by atoms with Crippen molar-refractivity contribution in [3.63, 3.8) is 0 Å². The van der Waals surface area contributed by atoms with Crippen molar-refractivity contribution in [1.29, 1.82) is 5.39 Å². The Balaban J connectivity index is 2.35. The number of nitrogens with two attached hydrogens (primary N) is 1. The predicted octanol–water partition coefficient (Wildman–Crippen LogP) is 4.45. The summed E-state index contributed by atoms with van der Waals surface area (Å²) < 4.78 is 0. The summed E-state index contributed by atoms with van der Waals surface area (Å²) in [6.07, 6.45) is 6.18. The highest BCUT2D eigenvalue weighted by Gasteiger charge is 2.23. The van der Waals surface area contributed by atoms with E-state index in [9.17, 15) is 0 Å². The minimum atomic E-state index is 0.351. The van der Waals surface area contributed by atoms with E-state index < -0.39 is 0 Å². The van der Waals surface area contributed by atoms with Gasteiger partial charge in [0, 0.05) is 6.07 Å². The summed E-state index contributed by atoms with van der Waals surface area (Å²) in [4.78, 5) is 3.11. The zero-order chi connectivity index (χ0) is 11.5. The predicted molar refractivity (Wildman–Crippen MR) is 66.4 cm³/mol. The fraction of sp³-hybridized carbons (Fsp3) is 0.500. The van der Waals surface area contributed by atoms with Crippen molar-refractivity contribution in [3.05, 3.63) is 27.7 Å². The molecule has 0 saturated heterocycles. The maximum absolute atomic E-state index is 8.73. The van der Waals surface area contributed by atoms with Crippen LogP contribution in [0.5, 0.6) is 0 Å². The number of halogens is 1. The molecule has 1 fully saturated rings. The van der Waals surface area contributed by atoms with E-state index in [2.05, 4.69) is 4.98 Å². The first-order chi connectivity index (χ1) is 7.74. The van der Waals surface area contributed by atoms with Gasteiger partial charge in [-0.1, -0.05) is 30.9 Å². The van der Waals surface area contributed by atoms with Crippen LogP contribution in [0.3, 0.4) is 0 Å². The van der Waals surface area contributed by atoms with Crippen molar-refractivity contribution in [3.8, 4) is 0 Å². The summed E-state index contributed by atoms with van der Waals surface area (Å²) in [5.74, 6) is 0.510. The van der Waals surface area contributed by atoms with E-state index in [1.807, 2.05) is 6.07 Å². The second-order valence-electron chi connectivity index (χ2n) is 4.34. The molecule has 16 heavy (non-hydrogen) atoms. The molecule has 1 aromatic rings. The molecule has 1 saturated carbocycles. The highest BCUT2D eigenvalue weighted by molar-refractivity contribution is 6.34. The Bertz CT molecular complexity index is 431. The number of nitrogens with zero attached hydrogens (tertiary/aromatic N) is 2. The van der Waals surface area contributed by atoms with Crippen molar-refractivity contribution in [1.82, 2.24) is 0 Å². The van der Waals surface area contributed by atoms with Crippen LogP contribution in [-0.2, 0) is 0 Å². The monoisotopic (exact) mass is 236 g/mol. The van der Waals surface area contributed by atoms with Gasteiger partial charge in [-0.2, -0.15) is 0 Å². The van der Waals surface area contributed by atoms with Crippen LogP contribution in [0.15, 0.2) is 12.1 Å². The Morgan fingerprint density at radius 3 is 2.56 bits per heavy atom. The molecule has 1 aromatic carbocycles. The number of hydrogen-bond acceptors (Lipinski definition) is 2. The molecule has 1 aliphatic carbocycles. The zero-order valence-corrected chi connectivity index (χ0v) is 9.87. The second kappa shape index (κ2) is 4.71. The smallest absolute Gasteiger partial charge is 0.391 e. The average molecular weight is 237 g/mol. The molecule has 1 aliphatic rings. The number of benzene rings is 1. The fourth-order valence-corrected chi connectivity index (χ4v) is 2.73. The van der Waals surface area contributed by atoms with E-state index >= 15 is 0 Å². The summed E-state index contributed by atoms with van der Waals surface area (Å²) in [5, 5.41) is 9.29. The van der Waals surface area contributed by atoms with Crippen molar-refractivity contribution >= 4 is 23.0 Å². The maximum Gasteiger partial charge on any atom is 0.409 e. The first kappa shape index (κ1) is 11.2. The molecule has 0 aromatic heterocycles. The van der Waals surface area contributed by atoms with Gasteiger partial charge in [0.1, 0.15) is 5.69 Å². The van der Waals surface area contributed by atoms with Crippen LogP contribution in [0, 0.1) is 5.39 Å². The summed E-state index contributed by atoms with van der Waals surface area (Å²) >= 11 is 6.21. The molecule has 4 heteroatoms. The molecule has 0 aliphatic heterocycles. The van der Waals surface area contributed by atoms with Gasteiger partial charge >= 0.3 is 5.69 Å². The van der Waals surface area contributed by atoms with Gasteiger partial charge in [-0.15, -0.1) is 0 Å². The standard InChI is InChI=1S/C12H15ClN3/c13-11-9(8-4-2-1-3-5-8)6-7-10(16-15)12(11)14/h6-8H,1-5,14H2/q+1. The topological polar surface area (TPSA) is 54.2 Å². The van der Waals surface area contributed by atoms with Gasteiger partial charge in [-0.05, 0) is 30.4 Å². The molecule has 0 radical (unpaired) electrons. The third-order valence-electron chi connectivity index (χ3n) is 3.34.